The third-order valence-electron chi connectivity index (χ3n) is 2.87. The number of halogens is 2. The summed E-state index contributed by atoms with van der Waals surface area (Å²) >= 11 is 12.2. The SMILES string of the molecule is Clc1ccc(C(Cl)C2CCNCC2)cn1. The topological polar surface area (TPSA) is 24.9 Å². The van der Waals surface area contributed by atoms with Crippen LogP contribution in [0.5, 0.6) is 0 Å². The number of piperidine rings is 1. The number of alkyl halides is 1. The van der Waals surface area contributed by atoms with E-state index in [-0.39, 0.29) is 5.38 Å². The summed E-state index contributed by atoms with van der Waals surface area (Å²) in [5.74, 6) is 0.552. The van der Waals surface area contributed by atoms with Crippen molar-refractivity contribution in [3.05, 3.63) is 29.0 Å². The highest BCUT2D eigenvalue weighted by molar-refractivity contribution is 6.29. The van der Waals surface area contributed by atoms with Crippen LogP contribution in [0, 0.1) is 5.92 Å². The van der Waals surface area contributed by atoms with E-state index < -0.39 is 0 Å². The van der Waals surface area contributed by atoms with Gasteiger partial charge in [0.15, 0.2) is 0 Å². The lowest BCUT2D eigenvalue weighted by atomic mass is 9.91. The van der Waals surface area contributed by atoms with Crippen LogP contribution in [0.1, 0.15) is 23.8 Å². The minimum atomic E-state index is 0.0665. The van der Waals surface area contributed by atoms with Crippen molar-refractivity contribution in [1.82, 2.24) is 10.3 Å². The molecular formula is C11H14Cl2N2. The Bertz CT molecular complexity index is 307. The van der Waals surface area contributed by atoms with Crippen molar-refractivity contribution >= 4 is 23.2 Å². The number of pyridine rings is 1. The maximum absolute atomic E-state index is 6.43. The van der Waals surface area contributed by atoms with Gasteiger partial charge < -0.3 is 5.32 Å². The third-order valence-corrected chi connectivity index (χ3v) is 3.70. The Morgan fingerprint density at radius 3 is 2.67 bits per heavy atom. The zero-order valence-electron chi connectivity index (χ0n) is 8.42. The predicted molar refractivity (Wildman–Crippen MR) is 63.4 cm³/mol. The monoisotopic (exact) mass is 244 g/mol. The minimum absolute atomic E-state index is 0.0665. The van der Waals surface area contributed by atoms with Crippen LogP contribution in [0.25, 0.3) is 0 Å². The fraction of sp³-hybridized carbons (Fsp3) is 0.545. The second-order valence-electron chi connectivity index (χ2n) is 3.90. The van der Waals surface area contributed by atoms with Crippen molar-refractivity contribution in [2.45, 2.75) is 18.2 Å². The molecule has 1 unspecified atom stereocenters. The van der Waals surface area contributed by atoms with E-state index in [0.717, 1.165) is 31.5 Å². The van der Waals surface area contributed by atoms with Gasteiger partial charge in [0, 0.05) is 6.20 Å². The molecule has 0 aliphatic carbocycles. The van der Waals surface area contributed by atoms with E-state index in [1.54, 1.807) is 12.3 Å². The normalized spacial score (nSPS) is 20.1. The molecule has 0 amide bonds. The second kappa shape index (κ2) is 5.15. The van der Waals surface area contributed by atoms with Gasteiger partial charge in [-0.1, -0.05) is 17.7 Å². The molecule has 4 heteroatoms. The molecule has 15 heavy (non-hydrogen) atoms. The Morgan fingerprint density at radius 1 is 1.33 bits per heavy atom. The lowest BCUT2D eigenvalue weighted by molar-refractivity contribution is 0.364. The first-order valence-corrected chi connectivity index (χ1v) is 6.05. The van der Waals surface area contributed by atoms with Gasteiger partial charge >= 0.3 is 0 Å². The molecule has 0 radical (unpaired) electrons. The van der Waals surface area contributed by atoms with Crippen LogP contribution in [-0.2, 0) is 0 Å². The summed E-state index contributed by atoms with van der Waals surface area (Å²) in [6.45, 7) is 2.13. The molecule has 1 N–H and O–H groups in total. The molecule has 1 atom stereocenters. The van der Waals surface area contributed by atoms with E-state index in [1.807, 2.05) is 6.07 Å². The molecule has 2 nitrogen and oxygen atoms in total. The van der Waals surface area contributed by atoms with Crippen molar-refractivity contribution in [2.75, 3.05) is 13.1 Å². The first-order chi connectivity index (χ1) is 7.27. The molecule has 1 aromatic heterocycles. The Kier molecular flexibility index (Phi) is 3.84. The van der Waals surface area contributed by atoms with Crippen LogP contribution in [0.15, 0.2) is 18.3 Å². The zero-order valence-corrected chi connectivity index (χ0v) is 9.93. The van der Waals surface area contributed by atoms with Crippen LogP contribution in [0.4, 0.5) is 0 Å². The van der Waals surface area contributed by atoms with Crippen molar-refractivity contribution in [1.29, 1.82) is 0 Å². The zero-order chi connectivity index (χ0) is 10.7. The molecule has 1 aliphatic heterocycles. The summed E-state index contributed by atoms with van der Waals surface area (Å²) in [6.07, 6.45) is 4.05. The lowest BCUT2D eigenvalue weighted by Crippen LogP contribution is -2.29. The standard InChI is InChI=1S/C11H14Cl2N2/c12-10-2-1-9(7-15-10)11(13)8-3-5-14-6-4-8/h1-2,7-8,11,14H,3-6H2. The van der Waals surface area contributed by atoms with Gasteiger partial charge in [-0.2, -0.15) is 0 Å². The molecule has 1 fully saturated rings. The third kappa shape index (κ3) is 2.83. The van der Waals surface area contributed by atoms with E-state index in [2.05, 4.69) is 10.3 Å². The first-order valence-electron chi connectivity index (χ1n) is 5.23. The molecule has 1 saturated heterocycles. The van der Waals surface area contributed by atoms with Crippen molar-refractivity contribution in [3.8, 4) is 0 Å². The average molecular weight is 245 g/mol. The summed E-state index contributed by atoms with van der Waals surface area (Å²) in [7, 11) is 0. The molecule has 0 spiro atoms. The van der Waals surface area contributed by atoms with Crippen molar-refractivity contribution in [2.24, 2.45) is 5.92 Å². The average Bonchev–Trinajstić information content (AvgIpc) is 2.30. The largest absolute Gasteiger partial charge is 0.317 e. The van der Waals surface area contributed by atoms with E-state index >= 15 is 0 Å². The van der Waals surface area contributed by atoms with Crippen LogP contribution >= 0.6 is 23.2 Å². The Labute approximate surface area is 100.0 Å². The molecule has 82 valence electrons. The van der Waals surface area contributed by atoms with Gasteiger partial charge in [-0.3, -0.25) is 0 Å². The van der Waals surface area contributed by atoms with Crippen molar-refractivity contribution in [3.63, 3.8) is 0 Å². The van der Waals surface area contributed by atoms with Crippen LogP contribution in [0.3, 0.4) is 0 Å². The number of hydrogen-bond acceptors (Lipinski definition) is 2. The Balaban J connectivity index is 2.05. The van der Waals surface area contributed by atoms with Gasteiger partial charge in [-0.15, -0.1) is 11.6 Å². The Hall–Kier alpha value is -0.310. The second-order valence-corrected chi connectivity index (χ2v) is 4.76. The highest BCUT2D eigenvalue weighted by atomic mass is 35.5. The Morgan fingerprint density at radius 2 is 2.07 bits per heavy atom. The fourth-order valence-electron chi connectivity index (χ4n) is 1.96. The summed E-state index contributed by atoms with van der Waals surface area (Å²) < 4.78 is 0. The molecule has 0 saturated carbocycles. The van der Waals surface area contributed by atoms with Gasteiger partial charge in [-0.25, -0.2) is 4.98 Å². The molecule has 1 aliphatic rings. The predicted octanol–water partition coefficient (Wildman–Crippen LogP) is 3.01. The summed E-state index contributed by atoms with van der Waals surface area (Å²) in [6, 6.07) is 3.77. The minimum Gasteiger partial charge on any atom is -0.317 e. The van der Waals surface area contributed by atoms with E-state index in [9.17, 15) is 0 Å². The number of hydrogen-bond donors (Lipinski definition) is 1. The highest BCUT2D eigenvalue weighted by Gasteiger charge is 2.22. The molecule has 0 aromatic carbocycles. The van der Waals surface area contributed by atoms with E-state index in [0.29, 0.717) is 11.1 Å². The quantitative estimate of drug-likeness (QED) is 0.640. The molecule has 0 bridgehead atoms. The number of rotatable bonds is 2. The van der Waals surface area contributed by atoms with Crippen LogP contribution in [0.2, 0.25) is 5.15 Å². The van der Waals surface area contributed by atoms with Crippen molar-refractivity contribution < 1.29 is 0 Å². The number of nitrogens with zero attached hydrogens (tertiary/aromatic N) is 1. The van der Waals surface area contributed by atoms with Gasteiger partial charge in [0.1, 0.15) is 5.15 Å². The summed E-state index contributed by atoms with van der Waals surface area (Å²) in [5, 5.41) is 3.92. The van der Waals surface area contributed by atoms with E-state index in [4.69, 9.17) is 23.2 Å². The smallest absolute Gasteiger partial charge is 0.129 e. The first kappa shape index (κ1) is 11.2. The van der Waals surface area contributed by atoms with Crippen LogP contribution in [-0.4, -0.2) is 18.1 Å². The lowest BCUT2D eigenvalue weighted by Gasteiger charge is -2.26. The molecule has 2 rings (SSSR count). The van der Waals surface area contributed by atoms with Gasteiger partial charge in [0.05, 0.1) is 5.38 Å². The number of aromatic nitrogens is 1. The molecular weight excluding hydrogens is 231 g/mol. The maximum Gasteiger partial charge on any atom is 0.129 e. The van der Waals surface area contributed by atoms with Crippen LogP contribution < -0.4 is 5.32 Å². The van der Waals surface area contributed by atoms with Gasteiger partial charge in [0.2, 0.25) is 0 Å². The fourth-order valence-corrected chi connectivity index (χ4v) is 2.45. The van der Waals surface area contributed by atoms with Gasteiger partial charge in [0.25, 0.3) is 0 Å². The summed E-state index contributed by atoms with van der Waals surface area (Å²) in [5.41, 5.74) is 1.08. The van der Waals surface area contributed by atoms with E-state index in [1.165, 1.54) is 0 Å². The maximum atomic E-state index is 6.43. The highest BCUT2D eigenvalue weighted by Crippen LogP contribution is 2.34. The number of nitrogens with one attached hydrogen (secondary N) is 1. The van der Waals surface area contributed by atoms with Gasteiger partial charge in [-0.05, 0) is 43.5 Å². The summed E-state index contributed by atoms with van der Waals surface area (Å²) in [4.78, 5) is 4.06. The molecule has 2 heterocycles. The molecule has 1 aromatic rings.